The number of nitrogens with zero attached hydrogens (tertiary/aromatic N) is 3. The first-order chi connectivity index (χ1) is 11.9. The van der Waals surface area contributed by atoms with Gasteiger partial charge in [0.25, 0.3) is 17.5 Å². The second kappa shape index (κ2) is 6.11. The van der Waals surface area contributed by atoms with Gasteiger partial charge in [-0.25, -0.2) is 0 Å². The van der Waals surface area contributed by atoms with E-state index in [0.29, 0.717) is 11.4 Å². The van der Waals surface area contributed by atoms with Crippen molar-refractivity contribution in [3.63, 3.8) is 0 Å². The van der Waals surface area contributed by atoms with E-state index >= 15 is 0 Å². The van der Waals surface area contributed by atoms with Crippen molar-refractivity contribution in [2.24, 2.45) is 0 Å². The fourth-order valence-corrected chi connectivity index (χ4v) is 2.49. The highest BCUT2D eigenvalue weighted by Crippen LogP contribution is 2.26. The average molecular weight is 340 g/mol. The maximum absolute atomic E-state index is 12.3. The predicted octanol–water partition coefficient (Wildman–Crippen LogP) is 1.53. The molecule has 0 radical (unpaired) electrons. The summed E-state index contributed by atoms with van der Waals surface area (Å²) in [5.74, 6) is -1.96. The molecular formula is C16H12N4O5. The van der Waals surface area contributed by atoms with E-state index in [2.05, 4.69) is 10.3 Å². The van der Waals surface area contributed by atoms with E-state index in [4.69, 9.17) is 0 Å². The van der Waals surface area contributed by atoms with Gasteiger partial charge in [0.2, 0.25) is 5.91 Å². The quantitative estimate of drug-likeness (QED) is 0.511. The largest absolute Gasteiger partial charge is 0.323 e. The number of aromatic nitrogens is 1. The van der Waals surface area contributed by atoms with Crippen molar-refractivity contribution in [1.82, 2.24) is 9.88 Å². The highest BCUT2D eigenvalue weighted by molar-refractivity contribution is 6.23. The van der Waals surface area contributed by atoms with Crippen LogP contribution in [-0.4, -0.2) is 39.1 Å². The van der Waals surface area contributed by atoms with Crippen LogP contribution in [0.2, 0.25) is 0 Å². The number of benzene rings is 1. The Balaban J connectivity index is 1.79. The number of hydrogen-bond acceptors (Lipinski definition) is 6. The summed E-state index contributed by atoms with van der Waals surface area (Å²) in [7, 11) is 0. The molecule has 0 bridgehead atoms. The molecule has 0 saturated heterocycles. The first kappa shape index (κ1) is 16.2. The molecule has 9 nitrogen and oxygen atoms in total. The molecule has 0 atom stereocenters. The topological polar surface area (TPSA) is 123 Å². The molecule has 1 N–H and O–H groups in total. The van der Waals surface area contributed by atoms with Crippen molar-refractivity contribution in [2.75, 3.05) is 11.9 Å². The zero-order valence-corrected chi connectivity index (χ0v) is 13.1. The number of nitrogens with one attached hydrogen (secondary N) is 1. The lowest BCUT2D eigenvalue weighted by Crippen LogP contribution is -2.37. The van der Waals surface area contributed by atoms with Gasteiger partial charge in [0.1, 0.15) is 6.54 Å². The number of nitro groups is 1. The van der Waals surface area contributed by atoms with Gasteiger partial charge in [0, 0.05) is 18.3 Å². The van der Waals surface area contributed by atoms with Crippen LogP contribution in [-0.2, 0) is 4.79 Å². The van der Waals surface area contributed by atoms with Crippen LogP contribution in [0, 0.1) is 17.0 Å². The van der Waals surface area contributed by atoms with Crippen molar-refractivity contribution >= 4 is 29.1 Å². The number of amides is 3. The molecule has 1 aliphatic rings. The van der Waals surface area contributed by atoms with E-state index in [1.54, 1.807) is 25.3 Å². The number of fused-ring (bicyclic) bond motifs is 1. The van der Waals surface area contributed by atoms with E-state index in [1.165, 1.54) is 6.07 Å². The number of carbonyl (C=O) groups is 3. The van der Waals surface area contributed by atoms with E-state index in [-0.39, 0.29) is 16.8 Å². The van der Waals surface area contributed by atoms with E-state index < -0.39 is 29.2 Å². The minimum absolute atomic E-state index is 0.0426. The second-order valence-corrected chi connectivity index (χ2v) is 5.37. The number of hydrogen-bond donors (Lipinski definition) is 1. The number of nitro benzene ring substituents is 1. The third kappa shape index (κ3) is 2.94. The fourth-order valence-electron chi connectivity index (χ4n) is 2.49. The Morgan fingerprint density at radius 1 is 1.24 bits per heavy atom. The first-order valence-corrected chi connectivity index (χ1v) is 7.24. The van der Waals surface area contributed by atoms with Crippen molar-refractivity contribution in [2.45, 2.75) is 6.92 Å². The molecule has 2 aromatic rings. The van der Waals surface area contributed by atoms with Gasteiger partial charge < -0.3 is 5.32 Å². The Kier molecular flexibility index (Phi) is 3.97. The van der Waals surface area contributed by atoms with Crippen LogP contribution >= 0.6 is 0 Å². The molecule has 25 heavy (non-hydrogen) atoms. The molecule has 1 aliphatic heterocycles. The van der Waals surface area contributed by atoms with Gasteiger partial charge in [-0.2, -0.15) is 0 Å². The Bertz CT molecular complexity index is 924. The minimum Gasteiger partial charge on any atom is -0.323 e. The third-order valence-corrected chi connectivity index (χ3v) is 3.75. The zero-order chi connectivity index (χ0) is 18.1. The van der Waals surface area contributed by atoms with Crippen LogP contribution in [0.5, 0.6) is 0 Å². The molecule has 3 rings (SSSR count). The lowest BCUT2D eigenvalue weighted by atomic mass is 10.1. The van der Waals surface area contributed by atoms with Crippen LogP contribution in [0.1, 0.15) is 26.4 Å². The van der Waals surface area contributed by atoms with Gasteiger partial charge in [0.15, 0.2) is 0 Å². The highest BCUT2D eigenvalue weighted by Gasteiger charge is 2.37. The Hall–Kier alpha value is -3.62. The zero-order valence-electron chi connectivity index (χ0n) is 13.1. The van der Waals surface area contributed by atoms with Gasteiger partial charge in [-0.05, 0) is 25.1 Å². The van der Waals surface area contributed by atoms with E-state index in [1.807, 2.05) is 0 Å². The monoisotopic (exact) mass is 340 g/mol. The van der Waals surface area contributed by atoms with Gasteiger partial charge in [-0.3, -0.25) is 34.4 Å². The number of imide groups is 1. The Morgan fingerprint density at radius 2 is 1.96 bits per heavy atom. The molecule has 126 valence electrons. The number of anilines is 1. The SMILES string of the molecule is Cc1ncccc1NC(=O)CN1C(=O)c2ccc([N+](=O)[O-])cc2C1=O. The number of carbonyl (C=O) groups excluding carboxylic acids is 3. The van der Waals surface area contributed by atoms with Crippen molar-refractivity contribution < 1.29 is 19.3 Å². The number of rotatable bonds is 4. The molecule has 0 aliphatic carbocycles. The maximum Gasteiger partial charge on any atom is 0.270 e. The molecule has 0 unspecified atom stereocenters. The molecule has 3 amide bonds. The van der Waals surface area contributed by atoms with Gasteiger partial charge in [-0.15, -0.1) is 0 Å². The van der Waals surface area contributed by atoms with Gasteiger partial charge in [-0.1, -0.05) is 0 Å². The molecule has 1 aromatic carbocycles. The third-order valence-electron chi connectivity index (χ3n) is 3.75. The summed E-state index contributed by atoms with van der Waals surface area (Å²) in [6.07, 6.45) is 1.57. The standard InChI is InChI=1S/C16H12N4O5/c1-9-13(3-2-6-17-9)18-14(21)8-19-15(22)11-5-4-10(20(24)25)7-12(11)16(19)23/h2-7H,8H2,1H3,(H,18,21). The lowest BCUT2D eigenvalue weighted by Gasteiger charge is -2.14. The summed E-state index contributed by atoms with van der Waals surface area (Å²) in [5.41, 5.74) is 0.733. The van der Waals surface area contributed by atoms with E-state index in [0.717, 1.165) is 17.0 Å². The van der Waals surface area contributed by atoms with Crippen LogP contribution < -0.4 is 5.32 Å². The van der Waals surface area contributed by atoms with Crippen LogP contribution in [0.3, 0.4) is 0 Å². The summed E-state index contributed by atoms with van der Waals surface area (Å²) in [6, 6.07) is 6.69. The summed E-state index contributed by atoms with van der Waals surface area (Å²) in [5, 5.41) is 13.4. The summed E-state index contributed by atoms with van der Waals surface area (Å²) >= 11 is 0. The average Bonchev–Trinajstić information content (AvgIpc) is 2.81. The number of pyridine rings is 1. The Morgan fingerprint density at radius 3 is 2.64 bits per heavy atom. The van der Waals surface area contributed by atoms with Crippen LogP contribution in [0.25, 0.3) is 0 Å². The van der Waals surface area contributed by atoms with Crippen LogP contribution in [0.15, 0.2) is 36.5 Å². The van der Waals surface area contributed by atoms with Gasteiger partial charge in [0.05, 0.1) is 27.4 Å². The summed E-state index contributed by atoms with van der Waals surface area (Å²) < 4.78 is 0. The van der Waals surface area contributed by atoms with Crippen molar-refractivity contribution in [3.8, 4) is 0 Å². The van der Waals surface area contributed by atoms with E-state index in [9.17, 15) is 24.5 Å². The Labute approximate surface area is 141 Å². The van der Waals surface area contributed by atoms with Crippen LogP contribution in [0.4, 0.5) is 11.4 Å². The normalized spacial score (nSPS) is 12.9. The first-order valence-electron chi connectivity index (χ1n) is 7.24. The molecule has 9 heteroatoms. The van der Waals surface area contributed by atoms with Crippen molar-refractivity contribution in [1.29, 1.82) is 0 Å². The number of aryl methyl sites for hydroxylation is 1. The fraction of sp³-hybridized carbons (Fsp3) is 0.125. The molecule has 1 aromatic heterocycles. The van der Waals surface area contributed by atoms with Crippen molar-refractivity contribution in [3.05, 3.63) is 63.5 Å². The lowest BCUT2D eigenvalue weighted by molar-refractivity contribution is -0.384. The predicted molar refractivity (Wildman–Crippen MR) is 86.1 cm³/mol. The minimum atomic E-state index is -0.734. The highest BCUT2D eigenvalue weighted by atomic mass is 16.6. The molecular weight excluding hydrogens is 328 g/mol. The second-order valence-electron chi connectivity index (χ2n) is 5.37. The summed E-state index contributed by atoms with van der Waals surface area (Å²) in [4.78, 5) is 51.7. The number of non-ortho nitro benzene ring substituents is 1. The molecule has 2 heterocycles. The van der Waals surface area contributed by atoms with Gasteiger partial charge >= 0.3 is 0 Å². The molecule has 0 saturated carbocycles. The molecule has 0 spiro atoms. The smallest absolute Gasteiger partial charge is 0.270 e. The summed E-state index contributed by atoms with van der Waals surface area (Å²) in [6.45, 7) is 1.21. The molecule has 0 fully saturated rings. The maximum atomic E-state index is 12.3.